The summed E-state index contributed by atoms with van der Waals surface area (Å²) in [7, 11) is 0. The minimum atomic E-state index is 0.444. The van der Waals surface area contributed by atoms with Crippen molar-refractivity contribution in [3.63, 3.8) is 0 Å². The largest absolute Gasteiger partial charge is 0.352 e. The van der Waals surface area contributed by atoms with E-state index in [1.165, 1.54) is 0 Å². The summed E-state index contributed by atoms with van der Waals surface area (Å²) in [6.45, 7) is 0. The zero-order chi connectivity index (χ0) is 11.5. The highest BCUT2D eigenvalue weighted by Crippen LogP contribution is 2.25. The maximum atomic E-state index is 9.06. The van der Waals surface area contributed by atoms with Crippen LogP contribution in [0.2, 0.25) is 5.02 Å². The molecule has 0 saturated carbocycles. The predicted octanol–water partition coefficient (Wildman–Crippen LogP) is 3.94. The number of nitriles is 1. The van der Waals surface area contributed by atoms with Crippen LogP contribution in [0.5, 0.6) is 0 Å². The second-order valence-electron chi connectivity index (χ2n) is 3.22. The molecule has 0 spiro atoms. The van der Waals surface area contributed by atoms with E-state index < -0.39 is 0 Å². The lowest BCUT2D eigenvalue weighted by Crippen LogP contribution is -1.87. The molecule has 2 nitrogen and oxygen atoms in total. The molecule has 0 radical (unpaired) electrons. The lowest BCUT2D eigenvalue weighted by atomic mass is 10.0. The highest BCUT2D eigenvalue weighted by molar-refractivity contribution is 7.71. The molecular formula is C12H7ClN2S. The Morgan fingerprint density at radius 1 is 1.31 bits per heavy atom. The first-order valence-corrected chi connectivity index (χ1v) is 5.38. The molecule has 0 saturated heterocycles. The van der Waals surface area contributed by atoms with Gasteiger partial charge in [-0.3, -0.25) is 0 Å². The van der Waals surface area contributed by atoms with E-state index in [-0.39, 0.29) is 0 Å². The molecular weight excluding hydrogens is 240 g/mol. The summed E-state index contributed by atoms with van der Waals surface area (Å²) < 4.78 is 0.444. The van der Waals surface area contributed by atoms with Crippen molar-refractivity contribution < 1.29 is 0 Å². The van der Waals surface area contributed by atoms with E-state index in [2.05, 4.69) is 11.1 Å². The molecule has 0 unspecified atom stereocenters. The first-order valence-electron chi connectivity index (χ1n) is 4.60. The van der Waals surface area contributed by atoms with Crippen molar-refractivity contribution in [2.75, 3.05) is 0 Å². The van der Waals surface area contributed by atoms with E-state index in [9.17, 15) is 0 Å². The van der Waals surface area contributed by atoms with Crippen molar-refractivity contribution in [2.45, 2.75) is 0 Å². The van der Waals surface area contributed by atoms with Gasteiger partial charge in [0, 0.05) is 16.8 Å². The number of hydrogen-bond acceptors (Lipinski definition) is 2. The molecule has 78 valence electrons. The van der Waals surface area contributed by atoms with Crippen LogP contribution in [0.4, 0.5) is 0 Å². The first-order chi connectivity index (χ1) is 7.72. The topological polar surface area (TPSA) is 39.6 Å². The molecule has 0 amide bonds. The number of aromatic amines is 1. The molecule has 0 aliphatic carbocycles. The van der Waals surface area contributed by atoms with Crippen LogP contribution in [-0.4, -0.2) is 4.98 Å². The van der Waals surface area contributed by atoms with Gasteiger partial charge in [0.25, 0.3) is 0 Å². The lowest BCUT2D eigenvalue weighted by molar-refractivity contribution is 1.27. The van der Waals surface area contributed by atoms with Gasteiger partial charge in [-0.25, -0.2) is 0 Å². The van der Waals surface area contributed by atoms with Gasteiger partial charge in [0.05, 0.1) is 5.56 Å². The van der Waals surface area contributed by atoms with Crippen molar-refractivity contribution in [1.82, 2.24) is 4.98 Å². The number of benzene rings is 1. The summed E-state index contributed by atoms with van der Waals surface area (Å²) in [5, 5.41) is 9.70. The molecule has 16 heavy (non-hydrogen) atoms. The second-order valence-corrected chi connectivity index (χ2v) is 4.06. The molecule has 1 aromatic carbocycles. The third kappa shape index (κ3) is 1.99. The smallest absolute Gasteiger partial charge is 0.121 e. The van der Waals surface area contributed by atoms with Gasteiger partial charge in [-0.15, -0.1) is 0 Å². The molecule has 0 aliphatic rings. The quantitative estimate of drug-likeness (QED) is 0.775. The third-order valence-corrected chi connectivity index (χ3v) is 2.77. The summed E-state index contributed by atoms with van der Waals surface area (Å²) in [5.74, 6) is 0. The monoisotopic (exact) mass is 246 g/mol. The Balaban J connectivity index is 2.71. The first kappa shape index (κ1) is 10.9. The van der Waals surface area contributed by atoms with Crippen LogP contribution in [0.15, 0.2) is 36.5 Å². The lowest BCUT2D eigenvalue weighted by Gasteiger charge is -2.04. The van der Waals surface area contributed by atoms with Crippen molar-refractivity contribution in [3.05, 3.63) is 51.8 Å². The zero-order valence-corrected chi connectivity index (χ0v) is 9.77. The Hall–Kier alpha value is -1.63. The van der Waals surface area contributed by atoms with Crippen LogP contribution < -0.4 is 0 Å². The van der Waals surface area contributed by atoms with E-state index in [1.807, 2.05) is 24.3 Å². The molecule has 4 heteroatoms. The number of hydrogen-bond donors (Lipinski definition) is 1. The number of nitrogens with zero attached hydrogens (tertiary/aromatic N) is 1. The summed E-state index contributed by atoms with van der Waals surface area (Å²) in [5.41, 5.74) is 2.16. The summed E-state index contributed by atoms with van der Waals surface area (Å²) in [6, 6.07) is 11.3. The van der Waals surface area contributed by atoms with Gasteiger partial charge in [0.1, 0.15) is 10.7 Å². The van der Waals surface area contributed by atoms with Crippen molar-refractivity contribution >= 4 is 23.8 Å². The van der Waals surface area contributed by atoms with E-state index in [4.69, 9.17) is 29.1 Å². The second kappa shape index (κ2) is 4.48. The molecule has 0 aliphatic heterocycles. The summed E-state index contributed by atoms with van der Waals surface area (Å²) in [6.07, 6.45) is 1.72. The molecule has 0 atom stereocenters. The van der Waals surface area contributed by atoms with Crippen molar-refractivity contribution in [3.8, 4) is 17.2 Å². The Morgan fingerprint density at radius 3 is 2.81 bits per heavy atom. The number of H-pyrrole nitrogens is 1. The van der Waals surface area contributed by atoms with Gasteiger partial charge < -0.3 is 4.98 Å². The van der Waals surface area contributed by atoms with Crippen molar-refractivity contribution in [2.24, 2.45) is 0 Å². The van der Waals surface area contributed by atoms with Gasteiger partial charge in [-0.2, -0.15) is 5.26 Å². The number of rotatable bonds is 1. The average molecular weight is 247 g/mol. The Bertz CT molecular complexity index is 625. The van der Waals surface area contributed by atoms with Crippen LogP contribution in [0.3, 0.4) is 0 Å². The molecule has 2 rings (SSSR count). The molecule has 2 aromatic rings. The fraction of sp³-hybridized carbons (Fsp3) is 0. The zero-order valence-electron chi connectivity index (χ0n) is 8.20. The standard InChI is InChI=1S/C12H7ClN2S/c13-9-3-1-2-8(6-9)10-4-5-15-12(16)11(10)7-14/h1-6H,(H,15,16). The van der Waals surface area contributed by atoms with Crippen LogP contribution in [-0.2, 0) is 0 Å². The molecule has 0 bridgehead atoms. The van der Waals surface area contributed by atoms with Crippen LogP contribution in [0.1, 0.15) is 5.56 Å². The minimum Gasteiger partial charge on any atom is -0.352 e. The highest BCUT2D eigenvalue weighted by Gasteiger charge is 2.06. The molecule has 1 N–H and O–H groups in total. The van der Waals surface area contributed by atoms with Gasteiger partial charge in [0.2, 0.25) is 0 Å². The van der Waals surface area contributed by atoms with Gasteiger partial charge >= 0.3 is 0 Å². The number of pyridine rings is 1. The van der Waals surface area contributed by atoms with Crippen LogP contribution in [0, 0.1) is 16.0 Å². The Labute approximate surface area is 103 Å². The van der Waals surface area contributed by atoms with E-state index in [0.717, 1.165) is 11.1 Å². The normalized spacial score (nSPS) is 9.75. The van der Waals surface area contributed by atoms with Crippen molar-refractivity contribution in [1.29, 1.82) is 5.26 Å². The molecule has 0 fully saturated rings. The number of aromatic nitrogens is 1. The summed E-state index contributed by atoms with van der Waals surface area (Å²) in [4.78, 5) is 2.83. The Morgan fingerprint density at radius 2 is 2.12 bits per heavy atom. The van der Waals surface area contributed by atoms with E-state index >= 15 is 0 Å². The average Bonchev–Trinajstić information content (AvgIpc) is 2.28. The fourth-order valence-corrected chi connectivity index (χ4v) is 1.90. The Kier molecular flexibility index (Phi) is 3.04. The summed E-state index contributed by atoms with van der Waals surface area (Å²) >= 11 is 11.0. The van der Waals surface area contributed by atoms with E-state index in [0.29, 0.717) is 15.2 Å². The highest BCUT2D eigenvalue weighted by atomic mass is 35.5. The molecule has 1 heterocycles. The third-order valence-electron chi connectivity index (χ3n) is 2.21. The fourth-order valence-electron chi connectivity index (χ4n) is 1.49. The minimum absolute atomic E-state index is 0.444. The number of halogens is 1. The number of nitrogens with one attached hydrogen (secondary N) is 1. The SMILES string of the molecule is N#Cc1c(-c2cccc(Cl)c2)cc[nH]c1=S. The maximum Gasteiger partial charge on any atom is 0.121 e. The van der Waals surface area contributed by atoms with Crippen LogP contribution >= 0.6 is 23.8 Å². The predicted molar refractivity (Wildman–Crippen MR) is 66.8 cm³/mol. The van der Waals surface area contributed by atoms with Gasteiger partial charge in [0.15, 0.2) is 0 Å². The maximum absolute atomic E-state index is 9.06. The van der Waals surface area contributed by atoms with Crippen LogP contribution in [0.25, 0.3) is 11.1 Å². The molecule has 1 aromatic heterocycles. The van der Waals surface area contributed by atoms with E-state index in [1.54, 1.807) is 12.3 Å². The van der Waals surface area contributed by atoms with Gasteiger partial charge in [-0.05, 0) is 23.8 Å². The van der Waals surface area contributed by atoms with Gasteiger partial charge in [-0.1, -0.05) is 36.0 Å².